The highest BCUT2D eigenvalue weighted by atomic mass is 31.2. The molecule has 0 aromatic heterocycles. The lowest BCUT2D eigenvalue weighted by molar-refractivity contribution is 0.213. The van der Waals surface area contributed by atoms with Gasteiger partial charge >= 0.3 is 7.60 Å². The van der Waals surface area contributed by atoms with Crippen LogP contribution in [0.3, 0.4) is 0 Å². The lowest BCUT2D eigenvalue weighted by Gasteiger charge is -2.19. The summed E-state index contributed by atoms with van der Waals surface area (Å²) in [4.78, 5) is 0. The van der Waals surface area contributed by atoms with Gasteiger partial charge in [0.25, 0.3) is 0 Å². The molecule has 0 aliphatic carbocycles. The highest BCUT2D eigenvalue weighted by Gasteiger charge is 2.27. The quantitative estimate of drug-likeness (QED) is 0.725. The van der Waals surface area contributed by atoms with Gasteiger partial charge in [-0.05, 0) is 56.5 Å². The van der Waals surface area contributed by atoms with Gasteiger partial charge in [-0.1, -0.05) is 35.9 Å². The summed E-state index contributed by atoms with van der Waals surface area (Å²) in [5.74, 6) is 0. The van der Waals surface area contributed by atoms with Gasteiger partial charge in [0, 0.05) is 0 Å². The van der Waals surface area contributed by atoms with E-state index in [1.165, 1.54) is 5.56 Å². The summed E-state index contributed by atoms with van der Waals surface area (Å²) in [5, 5.41) is 0.597. The molecule has 22 heavy (non-hydrogen) atoms. The molecule has 1 unspecified atom stereocenters. The number of hydrogen-bond donors (Lipinski definition) is 0. The van der Waals surface area contributed by atoms with Gasteiger partial charge in [-0.2, -0.15) is 0 Å². The van der Waals surface area contributed by atoms with Gasteiger partial charge in [0.15, 0.2) is 0 Å². The van der Waals surface area contributed by atoms with Crippen LogP contribution in [0.5, 0.6) is 0 Å². The molecule has 0 saturated carbocycles. The van der Waals surface area contributed by atoms with Crippen LogP contribution in [0.2, 0.25) is 0 Å². The zero-order valence-corrected chi connectivity index (χ0v) is 14.5. The summed E-state index contributed by atoms with van der Waals surface area (Å²) >= 11 is 0. The van der Waals surface area contributed by atoms with E-state index in [9.17, 15) is 4.57 Å². The Bertz CT molecular complexity index is 657. The maximum atomic E-state index is 13.0. The van der Waals surface area contributed by atoms with Crippen LogP contribution < -0.4 is 5.30 Å². The number of rotatable bonds is 6. The molecule has 0 fully saturated rings. The molecule has 0 spiro atoms. The first-order chi connectivity index (χ1) is 10.5. The second-order valence-electron chi connectivity index (χ2n) is 5.40. The lowest BCUT2D eigenvalue weighted by Crippen LogP contribution is -2.11. The first-order valence-electron chi connectivity index (χ1n) is 7.47. The molecule has 0 amide bonds. The number of benzene rings is 2. The molecule has 1 atom stereocenters. The van der Waals surface area contributed by atoms with Crippen LogP contribution >= 0.6 is 7.60 Å². The van der Waals surface area contributed by atoms with Crippen molar-refractivity contribution in [1.82, 2.24) is 0 Å². The topological polar surface area (TPSA) is 35.5 Å². The molecule has 2 aromatic carbocycles. The van der Waals surface area contributed by atoms with Crippen LogP contribution in [0.15, 0.2) is 42.5 Å². The fourth-order valence-corrected chi connectivity index (χ4v) is 4.10. The Morgan fingerprint density at radius 1 is 0.955 bits per heavy atom. The fourth-order valence-electron chi connectivity index (χ4n) is 2.55. The van der Waals surface area contributed by atoms with Crippen molar-refractivity contribution >= 4 is 12.9 Å². The van der Waals surface area contributed by atoms with E-state index in [4.69, 9.17) is 9.05 Å². The number of aryl methyl sites for hydroxylation is 3. The Hall–Kier alpha value is -1.41. The zero-order chi connectivity index (χ0) is 16.2. The minimum absolute atomic E-state index is 0.282. The van der Waals surface area contributed by atoms with Crippen molar-refractivity contribution in [2.24, 2.45) is 0 Å². The van der Waals surface area contributed by atoms with Crippen molar-refractivity contribution in [1.29, 1.82) is 0 Å². The van der Waals surface area contributed by atoms with Crippen LogP contribution in [0.1, 0.15) is 29.2 Å². The SMILES string of the molecule is CCOP(=O)(OCc1c(C)cc(C)cc1C)c1ccccc1. The van der Waals surface area contributed by atoms with Crippen molar-refractivity contribution in [3.63, 3.8) is 0 Å². The van der Waals surface area contributed by atoms with E-state index in [0.717, 1.165) is 16.7 Å². The minimum Gasteiger partial charge on any atom is -0.305 e. The Kier molecular flexibility index (Phi) is 5.57. The molecule has 0 bridgehead atoms. The van der Waals surface area contributed by atoms with Crippen LogP contribution in [0.4, 0.5) is 0 Å². The van der Waals surface area contributed by atoms with Crippen LogP contribution in [0.25, 0.3) is 0 Å². The highest BCUT2D eigenvalue weighted by Crippen LogP contribution is 2.47. The maximum Gasteiger partial charge on any atom is 0.361 e. The molecular formula is C18H23O3P. The average Bonchev–Trinajstić information content (AvgIpc) is 2.47. The van der Waals surface area contributed by atoms with Crippen molar-refractivity contribution in [2.45, 2.75) is 34.3 Å². The van der Waals surface area contributed by atoms with Gasteiger partial charge in [0.05, 0.1) is 18.5 Å². The predicted octanol–water partition coefficient (Wildman–Crippen LogP) is 4.68. The first-order valence-corrected chi connectivity index (χ1v) is 9.02. The largest absolute Gasteiger partial charge is 0.361 e. The second kappa shape index (κ2) is 7.23. The third-order valence-corrected chi connectivity index (χ3v) is 5.59. The summed E-state index contributed by atoms with van der Waals surface area (Å²) in [5.41, 5.74) is 4.58. The van der Waals surface area contributed by atoms with E-state index in [1.807, 2.05) is 39.0 Å². The predicted molar refractivity (Wildman–Crippen MR) is 90.8 cm³/mol. The molecule has 0 heterocycles. The van der Waals surface area contributed by atoms with E-state index in [2.05, 4.69) is 19.1 Å². The van der Waals surface area contributed by atoms with Crippen LogP contribution in [-0.2, 0) is 20.2 Å². The summed E-state index contributed by atoms with van der Waals surface area (Å²) < 4.78 is 24.3. The van der Waals surface area contributed by atoms with Crippen LogP contribution in [0, 0.1) is 20.8 Å². The molecule has 0 saturated heterocycles. The summed E-state index contributed by atoms with van der Waals surface area (Å²) in [6.07, 6.45) is 0. The summed E-state index contributed by atoms with van der Waals surface area (Å²) in [7, 11) is -3.29. The fraction of sp³-hybridized carbons (Fsp3) is 0.333. The molecular weight excluding hydrogens is 295 g/mol. The smallest absolute Gasteiger partial charge is 0.305 e. The van der Waals surface area contributed by atoms with E-state index < -0.39 is 7.60 Å². The Labute approximate surface area is 132 Å². The molecule has 118 valence electrons. The third-order valence-electron chi connectivity index (χ3n) is 3.59. The summed E-state index contributed by atoms with van der Waals surface area (Å²) in [6.45, 7) is 8.61. The normalized spacial score (nSPS) is 13.8. The Morgan fingerprint density at radius 3 is 2.09 bits per heavy atom. The van der Waals surface area contributed by atoms with Gasteiger partial charge in [0.2, 0.25) is 0 Å². The van der Waals surface area contributed by atoms with Gasteiger partial charge in [-0.3, -0.25) is 4.57 Å². The Balaban J connectivity index is 2.26. The van der Waals surface area contributed by atoms with Crippen molar-refractivity contribution in [3.05, 3.63) is 64.7 Å². The van der Waals surface area contributed by atoms with Gasteiger partial charge < -0.3 is 9.05 Å². The van der Waals surface area contributed by atoms with Gasteiger partial charge in [0.1, 0.15) is 0 Å². The Morgan fingerprint density at radius 2 is 1.55 bits per heavy atom. The lowest BCUT2D eigenvalue weighted by atomic mass is 10.0. The monoisotopic (exact) mass is 318 g/mol. The van der Waals surface area contributed by atoms with Gasteiger partial charge in [-0.15, -0.1) is 0 Å². The molecule has 0 N–H and O–H groups in total. The number of hydrogen-bond acceptors (Lipinski definition) is 3. The molecule has 0 radical (unpaired) electrons. The van der Waals surface area contributed by atoms with E-state index in [-0.39, 0.29) is 6.61 Å². The van der Waals surface area contributed by atoms with E-state index in [1.54, 1.807) is 12.1 Å². The minimum atomic E-state index is -3.29. The van der Waals surface area contributed by atoms with Crippen molar-refractivity contribution in [2.75, 3.05) is 6.61 Å². The van der Waals surface area contributed by atoms with E-state index in [0.29, 0.717) is 11.9 Å². The maximum absolute atomic E-state index is 13.0. The third kappa shape index (κ3) is 3.86. The van der Waals surface area contributed by atoms with Crippen molar-refractivity contribution < 1.29 is 13.6 Å². The molecule has 2 rings (SSSR count). The molecule has 4 heteroatoms. The first kappa shape index (κ1) is 17.0. The van der Waals surface area contributed by atoms with E-state index >= 15 is 0 Å². The summed E-state index contributed by atoms with van der Waals surface area (Å²) in [6, 6.07) is 13.4. The molecule has 3 nitrogen and oxygen atoms in total. The van der Waals surface area contributed by atoms with Crippen LogP contribution in [-0.4, -0.2) is 6.61 Å². The second-order valence-corrected chi connectivity index (χ2v) is 7.43. The average molecular weight is 318 g/mol. The zero-order valence-electron chi connectivity index (χ0n) is 13.6. The standard InChI is InChI=1S/C18H23O3P/c1-5-20-22(19,17-9-7-6-8-10-17)21-13-18-15(3)11-14(2)12-16(18)4/h6-12H,5,13H2,1-4H3. The highest BCUT2D eigenvalue weighted by molar-refractivity contribution is 7.62. The van der Waals surface area contributed by atoms with Gasteiger partial charge in [-0.25, -0.2) is 0 Å². The molecule has 0 aliphatic heterocycles. The molecule has 2 aromatic rings. The van der Waals surface area contributed by atoms with Crippen molar-refractivity contribution in [3.8, 4) is 0 Å². The molecule has 0 aliphatic rings.